The third kappa shape index (κ3) is 8.79. The molecule has 4 nitrogen and oxygen atoms in total. The van der Waals surface area contributed by atoms with Crippen LogP contribution in [0.5, 0.6) is 0 Å². The number of hydrogen-bond donors (Lipinski definition) is 1. The van der Waals surface area contributed by atoms with Gasteiger partial charge < -0.3 is 10.2 Å². The topological polar surface area (TPSA) is 49.4 Å². The number of carbonyl (C=O) groups excluding carboxylic acids is 2. The molecule has 0 radical (unpaired) electrons. The van der Waals surface area contributed by atoms with Gasteiger partial charge in [0.25, 0.3) is 0 Å². The lowest BCUT2D eigenvalue weighted by atomic mass is 10.0. The molecule has 0 fully saturated rings. The van der Waals surface area contributed by atoms with E-state index in [-0.39, 0.29) is 30.2 Å². The molecule has 3 aromatic carbocycles. The van der Waals surface area contributed by atoms with Gasteiger partial charge in [0, 0.05) is 40.4 Å². The molecule has 0 spiro atoms. The Morgan fingerprint density at radius 1 is 0.921 bits per heavy atom. The van der Waals surface area contributed by atoms with Gasteiger partial charge in [0.2, 0.25) is 11.8 Å². The number of amides is 2. The summed E-state index contributed by atoms with van der Waals surface area (Å²) in [5.41, 5.74) is 5.19. The summed E-state index contributed by atoms with van der Waals surface area (Å²) in [4.78, 5) is 29.1. The van der Waals surface area contributed by atoms with Crippen molar-refractivity contribution in [3.8, 4) is 0 Å². The van der Waals surface area contributed by atoms with Crippen molar-refractivity contribution in [1.29, 1.82) is 0 Å². The first-order valence-corrected chi connectivity index (χ1v) is 14.8. The van der Waals surface area contributed by atoms with Gasteiger partial charge in [-0.15, -0.1) is 11.8 Å². The van der Waals surface area contributed by atoms with Crippen LogP contribution in [0.4, 0.5) is 0 Å². The third-order valence-corrected chi connectivity index (χ3v) is 8.13. The van der Waals surface area contributed by atoms with Crippen LogP contribution in [0.15, 0.2) is 66.7 Å². The summed E-state index contributed by atoms with van der Waals surface area (Å²) in [6.45, 7) is 8.28. The fourth-order valence-corrected chi connectivity index (χ4v) is 5.70. The van der Waals surface area contributed by atoms with Crippen molar-refractivity contribution in [2.24, 2.45) is 0 Å². The van der Waals surface area contributed by atoms with Crippen LogP contribution in [0.25, 0.3) is 0 Å². The van der Waals surface area contributed by atoms with Crippen LogP contribution in [-0.4, -0.2) is 34.6 Å². The number of rotatable bonds is 12. The summed E-state index contributed by atoms with van der Waals surface area (Å²) in [5.74, 6) is 0.628. The van der Waals surface area contributed by atoms with E-state index in [1.54, 1.807) is 34.9 Å². The Kier molecular flexibility index (Phi) is 11.6. The first-order chi connectivity index (χ1) is 18.2. The zero-order valence-corrected chi connectivity index (χ0v) is 24.8. The lowest BCUT2D eigenvalue weighted by Gasteiger charge is -2.32. The highest BCUT2D eigenvalue weighted by Gasteiger charge is 2.31. The first-order valence-electron chi connectivity index (χ1n) is 12.9. The second kappa shape index (κ2) is 14.6. The standard InChI is InChI=1S/C31H36Cl2N2O2S/c1-5-23(4)34-31(37)29(17-24-10-7-6-8-11-24)35(18-26-27(32)12-9-13-28(26)33)30(36)20-38-19-25-15-21(2)14-22(3)16-25/h6-16,23,29H,5,17-20H2,1-4H3,(H,34,37)/t23-,29+/m0/s1. The monoisotopic (exact) mass is 570 g/mol. The van der Waals surface area contributed by atoms with E-state index in [4.69, 9.17) is 23.2 Å². The van der Waals surface area contributed by atoms with Crippen LogP contribution in [0, 0.1) is 13.8 Å². The molecule has 0 aromatic heterocycles. The van der Waals surface area contributed by atoms with Crippen LogP contribution < -0.4 is 5.32 Å². The Bertz CT molecular complexity index is 1200. The summed E-state index contributed by atoms with van der Waals surface area (Å²) in [5, 5.41) is 4.03. The Morgan fingerprint density at radius 2 is 1.55 bits per heavy atom. The smallest absolute Gasteiger partial charge is 0.243 e. The molecule has 0 heterocycles. The fourth-order valence-electron chi connectivity index (χ4n) is 4.34. The minimum atomic E-state index is -0.715. The summed E-state index contributed by atoms with van der Waals surface area (Å²) < 4.78 is 0. The fraction of sp³-hybridized carbons (Fsp3) is 0.355. The summed E-state index contributed by atoms with van der Waals surface area (Å²) >= 11 is 14.6. The maximum atomic E-state index is 13.8. The second-order valence-electron chi connectivity index (χ2n) is 9.73. The van der Waals surface area contributed by atoms with Crippen molar-refractivity contribution in [2.45, 2.75) is 64.9 Å². The van der Waals surface area contributed by atoms with Crippen molar-refractivity contribution in [1.82, 2.24) is 10.2 Å². The number of thioether (sulfide) groups is 1. The maximum absolute atomic E-state index is 13.8. The predicted molar refractivity (Wildman–Crippen MR) is 161 cm³/mol. The van der Waals surface area contributed by atoms with Gasteiger partial charge in [0.1, 0.15) is 6.04 Å². The molecule has 0 unspecified atom stereocenters. The van der Waals surface area contributed by atoms with E-state index in [2.05, 4.69) is 37.4 Å². The van der Waals surface area contributed by atoms with Gasteiger partial charge in [-0.2, -0.15) is 0 Å². The average Bonchev–Trinajstić information content (AvgIpc) is 2.87. The molecule has 0 saturated carbocycles. The molecule has 2 amide bonds. The number of hydrogen-bond acceptors (Lipinski definition) is 3. The molecule has 0 aliphatic rings. The molecule has 0 bridgehead atoms. The highest BCUT2D eigenvalue weighted by molar-refractivity contribution is 7.99. The van der Waals surface area contributed by atoms with E-state index in [0.29, 0.717) is 27.8 Å². The van der Waals surface area contributed by atoms with Crippen molar-refractivity contribution in [3.05, 3.63) is 105 Å². The molecule has 0 aliphatic heterocycles. The Balaban J connectivity index is 1.91. The van der Waals surface area contributed by atoms with Gasteiger partial charge in [-0.25, -0.2) is 0 Å². The van der Waals surface area contributed by atoms with Crippen LogP contribution >= 0.6 is 35.0 Å². The van der Waals surface area contributed by atoms with Crippen molar-refractivity contribution >= 4 is 46.8 Å². The molecule has 38 heavy (non-hydrogen) atoms. The van der Waals surface area contributed by atoms with E-state index < -0.39 is 6.04 Å². The van der Waals surface area contributed by atoms with E-state index >= 15 is 0 Å². The molecule has 7 heteroatoms. The predicted octanol–water partition coefficient (Wildman–Crippen LogP) is 7.40. The van der Waals surface area contributed by atoms with E-state index in [1.807, 2.05) is 44.2 Å². The quantitative estimate of drug-likeness (QED) is 0.247. The van der Waals surface area contributed by atoms with Gasteiger partial charge in [-0.05, 0) is 50.5 Å². The van der Waals surface area contributed by atoms with Gasteiger partial charge in [0.15, 0.2) is 0 Å². The Labute approximate surface area is 241 Å². The SMILES string of the molecule is CC[C@H](C)NC(=O)[C@@H](Cc1ccccc1)N(Cc1c(Cl)cccc1Cl)C(=O)CSCc1cc(C)cc(C)c1. The normalized spacial score (nSPS) is 12.6. The maximum Gasteiger partial charge on any atom is 0.243 e. The number of benzene rings is 3. The largest absolute Gasteiger partial charge is 0.352 e. The highest BCUT2D eigenvalue weighted by Crippen LogP contribution is 2.28. The number of nitrogens with zero attached hydrogens (tertiary/aromatic N) is 1. The molecule has 3 rings (SSSR count). The molecule has 3 aromatic rings. The van der Waals surface area contributed by atoms with Gasteiger partial charge in [-0.3, -0.25) is 9.59 Å². The van der Waals surface area contributed by atoms with Crippen LogP contribution in [0.3, 0.4) is 0 Å². The molecular formula is C31H36Cl2N2O2S. The minimum Gasteiger partial charge on any atom is -0.352 e. The van der Waals surface area contributed by atoms with Gasteiger partial charge in [0.05, 0.1) is 5.75 Å². The van der Waals surface area contributed by atoms with E-state index in [0.717, 1.165) is 12.0 Å². The van der Waals surface area contributed by atoms with E-state index in [9.17, 15) is 9.59 Å². The summed E-state index contributed by atoms with van der Waals surface area (Å²) in [6.07, 6.45) is 1.18. The molecular weight excluding hydrogens is 535 g/mol. The minimum absolute atomic E-state index is 0.0134. The average molecular weight is 572 g/mol. The lowest BCUT2D eigenvalue weighted by Crippen LogP contribution is -2.52. The second-order valence-corrected chi connectivity index (χ2v) is 11.5. The van der Waals surface area contributed by atoms with Crippen molar-refractivity contribution in [2.75, 3.05) is 5.75 Å². The Hall–Kier alpha value is -2.47. The van der Waals surface area contributed by atoms with Crippen LogP contribution in [-0.2, 0) is 28.3 Å². The lowest BCUT2D eigenvalue weighted by molar-refractivity contribution is -0.139. The highest BCUT2D eigenvalue weighted by atomic mass is 35.5. The van der Waals surface area contributed by atoms with Crippen molar-refractivity contribution in [3.63, 3.8) is 0 Å². The molecule has 0 aliphatic carbocycles. The number of halogens is 2. The molecule has 1 N–H and O–H groups in total. The molecule has 2 atom stereocenters. The van der Waals surface area contributed by atoms with Crippen LogP contribution in [0.1, 0.15) is 48.1 Å². The number of nitrogens with one attached hydrogen (secondary N) is 1. The van der Waals surface area contributed by atoms with E-state index in [1.165, 1.54) is 16.7 Å². The van der Waals surface area contributed by atoms with Crippen molar-refractivity contribution < 1.29 is 9.59 Å². The summed E-state index contributed by atoms with van der Waals surface area (Å²) in [7, 11) is 0. The molecule has 0 saturated heterocycles. The number of carbonyl (C=O) groups is 2. The van der Waals surface area contributed by atoms with Gasteiger partial charge in [-0.1, -0.05) is 95.8 Å². The number of aryl methyl sites for hydroxylation is 2. The third-order valence-electron chi connectivity index (χ3n) is 6.44. The first kappa shape index (κ1) is 30.1. The zero-order valence-electron chi connectivity index (χ0n) is 22.5. The zero-order chi connectivity index (χ0) is 27.7. The molecule has 202 valence electrons. The Morgan fingerprint density at radius 3 is 2.16 bits per heavy atom. The summed E-state index contributed by atoms with van der Waals surface area (Å²) in [6, 6.07) is 20.8. The van der Waals surface area contributed by atoms with Crippen LogP contribution in [0.2, 0.25) is 10.0 Å². The van der Waals surface area contributed by atoms with Gasteiger partial charge >= 0.3 is 0 Å².